The lowest BCUT2D eigenvalue weighted by molar-refractivity contribution is -0.121. The van der Waals surface area contributed by atoms with Crippen LogP contribution in [-0.2, 0) is 23.4 Å². The van der Waals surface area contributed by atoms with Gasteiger partial charge in [0.05, 0.1) is 12.1 Å². The molecule has 164 valence electrons. The highest BCUT2D eigenvalue weighted by Gasteiger charge is 2.35. The Hall–Kier alpha value is -3.34. The molecule has 5 nitrogen and oxygen atoms in total. The molecule has 1 fully saturated rings. The monoisotopic (exact) mass is 427 g/mol. The number of anilines is 1. The first-order valence-electron chi connectivity index (χ1n) is 11.5. The molecule has 2 heterocycles. The van der Waals surface area contributed by atoms with Gasteiger partial charge in [0.25, 0.3) is 5.91 Å². The van der Waals surface area contributed by atoms with Gasteiger partial charge in [-0.3, -0.25) is 9.59 Å². The van der Waals surface area contributed by atoms with Gasteiger partial charge in [0, 0.05) is 36.6 Å². The fraction of sp³-hybridized carbons (Fsp3) is 0.333. The molecule has 5 rings (SSSR count). The van der Waals surface area contributed by atoms with Gasteiger partial charge in [0.15, 0.2) is 0 Å². The van der Waals surface area contributed by atoms with Crippen LogP contribution < -0.4 is 10.2 Å². The van der Waals surface area contributed by atoms with Gasteiger partial charge >= 0.3 is 0 Å². The normalized spacial score (nSPS) is 17.1. The van der Waals surface area contributed by atoms with Crippen LogP contribution in [0.3, 0.4) is 0 Å². The number of para-hydroxylation sites is 1. The predicted octanol–water partition coefficient (Wildman–Crippen LogP) is 4.99. The van der Waals surface area contributed by atoms with Gasteiger partial charge in [-0.2, -0.15) is 0 Å². The molecule has 0 saturated heterocycles. The third-order valence-electron chi connectivity index (χ3n) is 6.92. The third-order valence-corrected chi connectivity index (χ3v) is 6.92. The molecule has 2 aromatic carbocycles. The van der Waals surface area contributed by atoms with Crippen LogP contribution in [0, 0.1) is 0 Å². The molecule has 0 bridgehead atoms. The molecule has 5 heteroatoms. The molecule has 1 aliphatic heterocycles. The van der Waals surface area contributed by atoms with E-state index in [1.165, 1.54) is 6.42 Å². The number of hydrogen-bond donors (Lipinski definition) is 1. The summed E-state index contributed by atoms with van der Waals surface area (Å²) in [5.41, 5.74) is 4.66. The number of carbonyl (C=O) groups excluding carboxylic acids is 2. The minimum atomic E-state index is -0.318. The lowest BCUT2D eigenvalue weighted by atomic mass is 9.76. The topological polar surface area (TPSA) is 54.3 Å². The number of amides is 2. The van der Waals surface area contributed by atoms with Crippen LogP contribution in [-0.4, -0.2) is 16.4 Å². The van der Waals surface area contributed by atoms with Crippen molar-refractivity contribution in [3.05, 3.63) is 89.2 Å². The summed E-state index contributed by atoms with van der Waals surface area (Å²) in [5, 5.41) is 3.22. The maximum Gasteiger partial charge on any atom is 0.258 e. The van der Waals surface area contributed by atoms with Gasteiger partial charge < -0.3 is 14.8 Å². The van der Waals surface area contributed by atoms with Gasteiger partial charge in [-0.25, -0.2) is 0 Å². The quantitative estimate of drug-likeness (QED) is 0.640. The maximum absolute atomic E-state index is 13.6. The highest BCUT2D eigenvalue weighted by molar-refractivity contribution is 6.06. The van der Waals surface area contributed by atoms with E-state index in [0.717, 1.165) is 54.7 Å². The first-order valence-corrected chi connectivity index (χ1v) is 11.5. The molecule has 1 N–H and O–H groups in total. The van der Waals surface area contributed by atoms with Crippen molar-refractivity contribution >= 4 is 17.5 Å². The van der Waals surface area contributed by atoms with E-state index in [1.54, 1.807) is 6.92 Å². The SMILES string of the molecule is CC(=O)NC1(c2ccc(C(=O)N3Cc4cccn4Cc4ccccc43)cc2)CCCCC1. The van der Waals surface area contributed by atoms with Crippen molar-refractivity contribution in [1.82, 2.24) is 9.88 Å². The molecule has 0 spiro atoms. The van der Waals surface area contributed by atoms with Gasteiger partial charge in [0.2, 0.25) is 5.91 Å². The minimum Gasteiger partial charge on any atom is -0.347 e. The van der Waals surface area contributed by atoms with Crippen molar-refractivity contribution in [2.75, 3.05) is 4.90 Å². The summed E-state index contributed by atoms with van der Waals surface area (Å²) < 4.78 is 2.20. The Bertz CT molecular complexity index is 1140. The second-order valence-corrected chi connectivity index (χ2v) is 9.05. The number of nitrogens with one attached hydrogen (secondary N) is 1. The summed E-state index contributed by atoms with van der Waals surface area (Å²) >= 11 is 0. The van der Waals surface area contributed by atoms with Crippen LogP contribution in [0.5, 0.6) is 0 Å². The van der Waals surface area contributed by atoms with Crippen molar-refractivity contribution < 1.29 is 9.59 Å². The Balaban J connectivity index is 1.47. The zero-order chi connectivity index (χ0) is 22.1. The Morgan fingerprint density at radius 2 is 1.62 bits per heavy atom. The van der Waals surface area contributed by atoms with E-state index in [-0.39, 0.29) is 17.4 Å². The van der Waals surface area contributed by atoms with Crippen LogP contribution in [0.1, 0.15) is 66.2 Å². The number of benzene rings is 2. The van der Waals surface area contributed by atoms with E-state index in [9.17, 15) is 9.59 Å². The molecule has 1 saturated carbocycles. The number of hydrogen-bond acceptors (Lipinski definition) is 2. The van der Waals surface area contributed by atoms with Gasteiger partial charge in [-0.15, -0.1) is 0 Å². The fourth-order valence-electron chi connectivity index (χ4n) is 5.33. The second kappa shape index (κ2) is 8.30. The van der Waals surface area contributed by atoms with Crippen LogP contribution in [0.25, 0.3) is 0 Å². The summed E-state index contributed by atoms with van der Waals surface area (Å²) in [6.45, 7) is 2.89. The molecule has 2 amide bonds. The Morgan fingerprint density at radius 1 is 0.875 bits per heavy atom. The molecule has 1 aliphatic carbocycles. The van der Waals surface area contributed by atoms with Gasteiger partial charge in [0.1, 0.15) is 0 Å². The number of carbonyl (C=O) groups is 2. The largest absolute Gasteiger partial charge is 0.347 e. The molecule has 1 aromatic heterocycles. The van der Waals surface area contributed by atoms with Crippen molar-refractivity contribution in [1.29, 1.82) is 0 Å². The standard InChI is InChI=1S/C27H29N3O2/c1-20(31)28-27(15-5-2-6-16-27)23-13-11-21(12-14-23)26(32)30-19-24-9-7-17-29(24)18-22-8-3-4-10-25(22)30/h3-4,7-14,17H,2,5-6,15-16,18-19H2,1H3,(H,28,31). The van der Waals surface area contributed by atoms with E-state index < -0.39 is 0 Å². The van der Waals surface area contributed by atoms with Gasteiger partial charge in [-0.1, -0.05) is 49.6 Å². The molecule has 32 heavy (non-hydrogen) atoms. The highest BCUT2D eigenvalue weighted by atomic mass is 16.2. The van der Waals surface area contributed by atoms with E-state index in [1.807, 2.05) is 53.4 Å². The van der Waals surface area contributed by atoms with E-state index >= 15 is 0 Å². The lowest BCUT2D eigenvalue weighted by Crippen LogP contribution is -2.46. The molecule has 0 atom stereocenters. The van der Waals surface area contributed by atoms with E-state index in [4.69, 9.17) is 0 Å². The zero-order valence-electron chi connectivity index (χ0n) is 18.5. The van der Waals surface area contributed by atoms with E-state index in [0.29, 0.717) is 12.1 Å². The second-order valence-electron chi connectivity index (χ2n) is 9.05. The molecule has 2 aliphatic rings. The molecular weight excluding hydrogens is 398 g/mol. The minimum absolute atomic E-state index is 0.00349. The number of nitrogens with zero attached hydrogens (tertiary/aromatic N) is 2. The first kappa shape index (κ1) is 20.6. The van der Waals surface area contributed by atoms with Gasteiger partial charge in [-0.05, 0) is 54.3 Å². The van der Waals surface area contributed by atoms with Crippen molar-refractivity contribution in [3.8, 4) is 0 Å². The van der Waals surface area contributed by atoms with Crippen LogP contribution >= 0.6 is 0 Å². The zero-order valence-corrected chi connectivity index (χ0v) is 18.5. The Morgan fingerprint density at radius 3 is 2.38 bits per heavy atom. The smallest absolute Gasteiger partial charge is 0.258 e. The third kappa shape index (κ3) is 3.72. The van der Waals surface area contributed by atoms with Crippen LogP contribution in [0.4, 0.5) is 5.69 Å². The summed E-state index contributed by atoms with van der Waals surface area (Å²) in [6, 6.07) is 20.1. The fourth-order valence-corrected chi connectivity index (χ4v) is 5.33. The first-order chi connectivity index (χ1) is 15.6. The summed E-state index contributed by atoms with van der Waals surface area (Å²) in [4.78, 5) is 27.4. The molecular formula is C27H29N3O2. The molecule has 0 radical (unpaired) electrons. The summed E-state index contributed by atoms with van der Waals surface area (Å²) in [5.74, 6) is -0.00731. The summed E-state index contributed by atoms with van der Waals surface area (Å²) in [7, 11) is 0. The maximum atomic E-state index is 13.6. The number of rotatable bonds is 3. The average Bonchev–Trinajstić information content (AvgIpc) is 3.18. The van der Waals surface area contributed by atoms with Crippen molar-refractivity contribution in [3.63, 3.8) is 0 Å². The molecule has 3 aromatic rings. The predicted molar refractivity (Wildman–Crippen MR) is 126 cm³/mol. The summed E-state index contributed by atoms with van der Waals surface area (Å²) in [6.07, 6.45) is 7.36. The van der Waals surface area contributed by atoms with E-state index in [2.05, 4.69) is 28.2 Å². The number of fused-ring (bicyclic) bond motifs is 2. The van der Waals surface area contributed by atoms with Crippen LogP contribution in [0.15, 0.2) is 66.9 Å². The molecule has 0 unspecified atom stereocenters. The van der Waals surface area contributed by atoms with Crippen molar-refractivity contribution in [2.24, 2.45) is 0 Å². The Labute approximate surface area is 189 Å². The average molecular weight is 428 g/mol. The Kier molecular flexibility index (Phi) is 5.33. The highest BCUT2D eigenvalue weighted by Crippen LogP contribution is 2.37. The van der Waals surface area contributed by atoms with Crippen LogP contribution in [0.2, 0.25) is 0 Å². The number of aromatic nitrogens is 1. The van der Waals surface area contributed by atoms with Crippen molar-refractivity contribution in [2.45, 2.75) is 57.7 Å². The lowest BCUT2D eigenvalue weighted by Gasteiger charge is -2.38.